The van der Waals surface area contributed by atoms with Crippen molar-refractivity contribution in [3.63, 3.8) is 0 Å². The van der Waals surface area contributed by atoms with E-state index in [4.69, 9.17) is 4.74 Å². The summed E-state index contributed by atoms with van der Waals surface area (Å²) in [6, 6.07) is 7.92. The van der Waals surface area contributed by atoms with Gasteiger partial charge in [0.1, 0.15) is 5.75 Å². The number of nitrogens with zero attached hydrogens (tertiary/aromatic N) is 1. The van der Waals surface area contributed by atoms with Crippen LogP contribution in [0.15, 0.2) is 24.3 Å². The molecule has 0 unspecified atom stereocenters. The van der Waals surface area contributed by atoms with Crippen LogP contribution < -0.4 is 15.4 Å². The smallest absolute Gasteiger partial charge is 0.319 e. The van der Waals surface area contributed by atoms with Gasteiger partial charge in [-0.1, -0.05) is 0 Å². The van der Waals surface area contributed by atoms with E-state index in [1.165, 1.54) is 0 Å². The van der Waals surface area contributed by atoms with Crippen molar-refractivity contribution in [2.45, 2.75) is 32.4 Å². The summed E-state index contributed by atoms with van der Waals surface area (Å²) in [6.45, 7) is 6.33. The molecule has 0 bridgehead atoms. The van der Waals surface area contributed by atoms with E-state index < -0.39 is 0 Å². The van der Waals surface area contributed by atoms with Crippen LogP contribution in [0.5, 0.6) is 5.75 Å². The summed E-state index contributed by atoms with van der Waals surface area (Å²) < 4.78 is 5.08. The molecule has 1 heterocycles. The first-order valence-corrected chi connectivity index (χ1v) is 7.04. The van der Waals surface area contributed by atoms with Crippen molar-refractivity contribution < 1.29 is 9.53 Å². The van der Waals surface area contributed by atoms with Crippen molar-refractivity contribution in [1.29, 1.82) is 0 Å². The van der Waals surface area contributed by atoms with Crippen molar-refractivity contribution in [2.75, 3.05) is 25.5 Å². The van der Waals surface area contributed by atoms with Crippen LogP contribution in [0.1, 0.15) is 20.3 Å². The molecule has 1 aromatic carbocycles. The summed E-state index contributed by atoms with van der Waals surface area (Å²) in [5, 5.41) is 5.86. The molecule has 1 atom stereocenters. The van der Waals surface area contributed by atoms with Crippen LogP contribution in [-0.2, 0) is 0 Å². The first-order chi connectivity index (χ1) is 9.58. The lowest BCUT2D eigenvalue weighted by Gasteiger charge is -2.20. The van der Waals surface area contributed by atoms with Crippen molar-refractivity contribution in [3.05, 3.63) is 24.3 Å². The van der Waals surface area contributed by atoms with Gasteiger partial charge in [-0.25, -0.2) is 4.79 Å². The molecule has 0 radical (unpaired) electrons. The Bertz CT molecular complexity index is 445. The van der Waals surface area contributed by atoms with E-state index >= 15 is 0 Å². The Hall–Kier alpha value is -1.75. The molecule has 0 aromatic heterocycles. The third-order valence-corrected chi connectivity index (χ3v) is 3.63. The average molecular weight is 277 g/mol. The molecule has 1 aliphatic rings. The van der Waals surface area contributed by atoms with Gasteiger partial charge in [0.25, 0.3) is 0 Å². The molecule has 1 aromatic rings. The molecule has 1 aliphatic heterocycles. The number of carbonyl (C=O) groups is 1. The first kappa shape index (κ1) is 14.7. The fourth-order valence-corrected chi connectivity index (χ4v) is 2.40. The van der Waals surface area contributed by atoms with Crippen LogP contribution in [0, 0.1) is 0 Å². The second-order valence-electron chi connectivity index (χ2n) is 5.40. The van der Waals surface area contributed by atoms with Crippen LogP contribution >= 0.6 is 0 Å². The fourth-order valence-electron chi connectivity index (χ4n) is 2.40. The van der Waals surface area contributed by atoms with Gasteiger partial charge in [-0.2, -0.15) is 0 Å². The highest BCUT2D eigenvalue weighted by atomic mass is 16.5. The Labute approximate surface area is 120 Å². The SMILES string of the molecule is COc1ccc(NC(=O)N[C@@H]2CCN(C(C)C)C2)cc1. The Balaban J connectivity index is 1.80. The number of carbonyl (C=O) groups excluding carboxylic acids is 1. The van der Waals surface area contributed by atoms with E-state index in [0.29, 0.717) is 6.04 Å². The van der Waals surface area contributed by atoms with E-state index in [-0.39, 0.29) is 12.1 Å². The van der Waals surface area contributed by atoms with E-state index in [1.54, 1.807) is 7.11 Å². The van der Waals surface area contributed by atoms with Crippen LogP contribution in [0.25, 0.3) is 0 Å². The normalized spacial score (nSPS) is 19.1. The highest BCUT2D eigenvalue weighted by Crippen LogP contribution is 2.15. The molecular formula is C15H23N3O2. The van der Waals surface area contributed by atoms with Gasteiger partial charge < -0.3 is 15.4 Å². The van der Waals surface area contributed by atoms with Crippen molar-refractivity contribution in [2.24, 2.45) is 0 Å². The van der Waals surface area contributed by atoms with Crippen LogP contribution in [0.4, 0.5) is 10.5 Å². The number of urea groups is 1. The highest BCUT2D eigenvalue weighted by Gasteiger charge is 2.25. The molecule has 110 valence electrons. The molecule has 20 heavy (non-hydrogen) atoms. The number of ether oxygens (including phenoxy) is 1. The number of amides is 2. The molecule has 0 saturated carbocycles. The molecule has 1 fully saturated rings. The highest BCUT2D eigenvalue weighted by molar-refractivity contribution is 5.89. The Kier molecular flexibility index (Phi) is 4.84. The monoisotopic (exact) mass is 277 g/mol. The zero-order valence-electron chi connectivity index (χ0n) is 12.3. The van der Waals surface area contributed by atoms with Crippen molar-refractivity contribution >= 4 is 11.7 Å². The lowest BCUT2D eigenvalue weighted by atomic mass is 10.2. The van der Waals surface area contributed by atoms with E-state index in [1.807, 2.05) is 24.3 Å². The minimum atomic E-state index is -0.147. The molecule has 5 nitrogen and oxygen atoms in total. The minimum absolute atomic E-state index is 0.147. The third kappa shape index (κ3) is 3.87. The number of likely N-dealkylation sites (tertiary alicyclic amines) is 1. The van der Waals surface area contributed by atoms with Crippen molar-refractivity contribution in [1.82, 2.24) is 10.2 Å². The molecule has 0 spiro atoms. The standard InChI is InChI=1S/C15H23N3O2/c1-11(2)18-9-8-13(10-18)17-15(19)16-12-4-6-14(20-3)7-5-12/h4-7,11,13H,8-10H2,1-3H3,(H2,16,17,19)/t13-/m1/s1. The number of hydrogen-bond acceptors (Lipinski definition) is 3. The number of nitrogens with one attached hydrogen (secondary N) is 2. The lowest BCUT2D eigenvalue weighted by Crippen LogP contribution is -2.40. The van der Waals surface area contributed by atoms with Gasteiger partial charge in [-0.15, -0.1) is 0 Å². The maximum Gasteiger partial charge on any atom is 0.319 e. The number of rotatable bonds is 4. The van der Waals surface area contributed by atoms with E-state index in [0.717, 1.165) is 30.9 Å². The summed E-state index contributed by atoms with van der Waals surface area (Å²) in [6.07, 6.45) is 1.01. The van der Waals surface area contributed by atoms with Gasteiger partial charge in [0, 0.05) is 30.9 Å². The predicted octanol–water partition coefficient (Wildman–Crippen LogP) is 2.30. The number of methoxy groups -OCH3 is 1. The topological polar surface area (TPSA) is 53.6 Å². The Morgan fingerprint density at radius 2 is 2.05 bits per heavy atom. The third-order valence-electron chi connectivity index (χ3n) is 3.63. The minimum Gasteiger partial charge on any atom is -0.497 e. The summed E-state index contributed by atoms with van der Waals surface area (Å²) in [7, 11) is 1.62. The maximum atomic E-state index is 11.9. The van der Waals surface area contributed by atoms with E-state index in [2.05, 4.69) is 29.4 Å². The van der Waals surface area contributed by atoms with Crippen molar-refractivity contribution in [3.8, 4) is 5.75 Å². The maximum absolute atomic E-state index is 11.9. The van der Waals surface area contributed by atoms with Crippen LogP contribution in [0.2, 0.25) is 0 Å². The number of anilines is 1. The number of benzene rings is 1. The van der Waals surface area contributed by atoms with Gasteiger partial charge in [0.2, 0.25) is 0 Å². The van der Waals surface area contributed by atoms with Gasteiger partial charge in [-0.05, 0) is 44.5 Å². The summed E-state index contributed by atoms with van der Waals surface area (Å²) in [4.78, 5) is 14.3. The molecule has 1 saturated heterocycles. The summed E-state index contributed by atoms with van der Waals surface area (Å²) in [5.41, 5.74) is 0.766. The molecule has 5 heteroatoms. The zero-order valence-corrected chi connectivity index (χ0v) is 12.3. The number of hydrogen-bond donors (Lipinski definition) is 2. The first-order valence-electron chi connectivity index (χ1n) is 7.04. The van der Waals surface area contributed by atoms with Gasteiger partial charge >= 0.3 is 6.03 Å². The molecule has 2 rings (SSSR count). The molecule has 0 aliphatic carbocycles. The van der Waals surface area contributed by atoms with Gasteiger partial charge in [0.05, 0.1) is 7.11 Å². The lowest BCUT2D eigenvalue weighted by molar-refractivity contribution is 0.244. The van der Waals surface area contributed by atoms with Crippen LogP contribution in [0.3, 0.4) is 0 Å². The van der Waals surface area contributed by atoms with Gasteiger partial charge in [0.15, 0.2) is 0 Å². The largest absolute Gasteiger partial charge is 0.497 e. The fraction of sp³-hybridized carbons (Fsp3) is 0.533. The second-order valence-corrected chi connectivity index (χ2v) is 5.40. The summed E-state index contributed by atoms with van der Waals surface area (Å²) in [5.74, 6) is 0.777. The van der Waals surface area contributed by atoms with Crippen LogP contribution in [-0.4, -0.2) is 43.2 Å². The average Bonchev–Trinajstić information content (AvgIpc) is 2.88. The van der Waals surface area contributed by atoms with E-state index in [9.17, 15) is 4.79 Å². The second kappa shape index (κ2) is 6.61. The zero-order chi connectivity index (χ0) is 14.5. The Morgan fingerprint density at radius 3 is 2.60 bits per heavy atom. The van der Waals surface area contributed by atoms with Gasteiger partial charge in [-0.3, -0.25) is 4.90 Å². The molecular weight excluding hydrogens is 254 g/mol. The quantitative estimate of drug-likeness (QED) is 0.888. The predicted molar refractivity (Wildman–Crippen MR) is 80.3 cm³/mol. The molecule has 2 amide bonds. The Morgan fingerprint density at radius 1 is 1.35 bits per heavy atom. The molecule has 2 N–H and O–H groups in total. The summed E-state index contributed by atoms with van der Waals surface area (Å²) >= 11 is 0.